The summed E-state index contributed by atoms with van der Waals surface area (Å²) in [6.45, 7) is 2.69. The fourth-order valence-corrected chi connectivity index (χ4v) is 3.62. The van der Waals surface area contributed by atoms with Gasteiger partial charge in [-0.15, -0.1) is 0 Å². The van der Waals surface area contributed by atoms with Gasteiger partial charge >= 0.3 is 0 Å². The smallest absolute Gasteiger partial charge is 0.289 e. The molecule has 1 fully saturated rings. The van der Waals surface area contributed by atoms with Crippen LogP contribution < -0.4 is 19.7 Å². The van der Waals surface area contributed by atoms with E-state index in [1.165, 1.54) is 6.26 Å². The van der Waals surface area contributed by atoms with Gasteiger partial charge in [0.15, 0.2) is 5.76 Å². The van der Waals surface area contributed by atoms with E-state index in [4.69, 9.17) is 13.9 Å². The minimum absolute atomic E-state index is 0.0816. The Kier molecular flexibility index (Phi) is 6.30. The second-order valence-electron chi connectivity index (χ2n) is 7.36. The van der Waals surface area contributed by atoms with Gasteiger partial charge in [-0.25, -0.2) is 0 Å². The summed E-state index contributed by atoms with van der Waals surface area (Å²) >= 11 is 0. The Bertz CT molecular complexity index is 1050. The molecule has 8 nitrogen and oxygen atoms in total. The molecular weight excluding hydrogens is 410 g/mol. The van der Waals surface area contributed by atoms with Crippen LogP contribution in [0.15, 0.2) is 65.3 Å². The van der Waals surface area contributed by atoms with Crippen molar-refractivity contribution in [3.05, 3.63) is 72.2 Å². The van der Waals surface area contributed by atoms with Crippen molar-refractivity contribution in [2.75, 3.05) is 50.6 Å². The molecule has 0 unspecified atom stereocenters. The Hall–Kier alpha value is -3.94. The van der Waals surface area contributed by atoms with Crippen LogP contribution in [0.1, 0.15) is 20.9 Å². The summed E-state index contributed by atoms with van der Waals surface area (Å²) in [6, 6.07) is 16.1. The van der Waals surface area contributed by atoms with E-state index < -0.39 is 0 Å². The number of nitrogens with zero attached hydrogens (tertiary/aromatic N) is 2. The van der Waals surface area contributed by atoms with Gasteiger partial charge in [-0.3, -0.25) is 9.59 Å². The maximum Gasteiger partial charge on any atom is 0.289 e. The standard InChI is InChI=1S/C24H25N3O5/c1-30-20-14-17(15-21(16-20)31-2)23(28)25-18-5-7-19(8-6-18)26-9-11-27(12-10-26)24(29)22-4-3-13-32-22/h3-8,13-16H,9-12H2,1-2H3,(H,25,28). The van der Waals surface area contributed by atoms with Crippen LogP contribution in [0, 0.1) is 0 Å². The Balaban J connectivity index is 1.36. The van der Waals surface area contributed by atoms with Gasteiger partial charge in [-0.05, 0) is 48.5 Å². The number of hydrogen-bond acceptors (Lipinski definition) is 6. The minimum Gasteiger partial charge on any atom is -0.497 e. The fraction of sp³-hybridized carbons (Fsp3) is 0.250. The fourth-order valence-electron chi connectivity index (χ4n) is 3.62. The maximum atomic E-state index is 12.7. The molecule has 0 spiro atoms. The molecule has 0 bridgehead atoms. The van der Waals surface area contributed by atoms with Crippen molar-refractivity contribution in [2.24, 2.45) is 0 Å². The molecule has 1 aliphatic rings. The Morgan fingerprint density at radius 2 is 1.56 bits per heavy atom. The highest BCUT2D eigenvalue weighted by atomic mass is 16.5. The first kappa shape index (κ1) is 21.3. The van der Waals surface area contributed by atoms with Gasteiger partial charge < -0.3 is 29.0 Å². The van der Waals surface area contributed by atoms with Crippen molar-refractivity contribution in [2.45, 2.75) is 0 Å². The third-order valence-corrected chi connectivity index (χ3v) is 5.40. The van der Waals surface area contributed by atoms with Gasteiger partial charge in [0.1, 0.15) is 11.5 Å². The van der Waals surface area contributed by atoms with Crippen LogP contribution in [0.2, 0.25) is 0 Å². The highest BCUT2D eigenvalue weighted by Crippen LogP contribution is 2.24. The van der Waals surface area contributed by atoms with Gasteiger partial charge in [0.05, 0.1) is 20.5 Å². The summed E-state index contributed by atoms with van der Waals surface area (Å²) in [5, 5.41) is 2.90. The Morgan fingerprint density at radius 3 is 2.12 bits per heavy atom. The van der Waals surface area contributed by atoms with Crippen LogP contribution in [0.5, 0.6) is 11.5 Å². The zero-order valence-electron chi connectivity index (χ0n) is 18.0. The molecule has 1 aliphatic heterocycles. The number of carbonyl (C=O) groups is 2. The van der Waals surface area contributed by atoms with E-state index in [1.54, 1.807) is 49.5 Å². The molecule has 0 aliphatic carbocycles. The number of furan rings is 1. The first-order valence-electron chi connectivity index (χ1n) is 10.3. The number of ether oxygens (including phenoxy) is 2. The van der Waals surface area contributed by atoms with Crippen molar-refractivity contribution in [1.82, 2.24) is 4.90 Å². The average molecular weight is 435 g/mol. The molecule has 2 amide bonds. The summed E-state index contributed by atoms with van der Waals surface area (Å²) in [7, 11) is 3.09. The predicted molar refractivity (Wildman–Crippen MR) is 121 cm³/mol. The number of methoxy groups -OCH3 is 2. The topological polar surface area (TPSA) is 84.3 Å². The van der Waals surface area contributed by atoms with Gasteiger partial charge in [-0.1, -0.05) is 0 Å². The molecule has 0 saturated carbocycles. The van der Waals surface area contributed by atoms with E-state index >= 15 is 0 Å². The monoisotopic (exact) mass is 435 g/mol. The maximum absolute atomic E-state index is 12.7. The van der Waals surface area contributed by atoms with E-state index in [-0.39, 0.29) is 11.8 Å². The van der Waals surface area contributed by atoms with Crippen LogP contribution in [-0.2, 0) is 0 Å². The third-order valence-electron chi connectivity index (χ3n) is 5.40. The third kappa shape index (κ3) is 4.69. The summed E-state index contributed by atoms with van der Waals surface area (Å²) in [4.78, 5) is 29.1. The lowest BCUT2D eigenvalue weighted by Gasteiger charge is -2.35. The lowest BCUT2D eigenvalue weighted by molar-refractivity contribution is 0.0714. The van der Waals surface area contributed by atoms with E-state index in [0.29, 0.717) is 41.6 Å². The quantitative estimate of drug-likeness (QED) is 0.638. The van der Waals surface area contributed by atoms with Crippen molar-refractivity contribution in [3.8, 4) is 11.5 Å². The predicted octanol–water partition coefficient (Wildman–Crippen LogP) is 3.51. The SMILES string of the molecule is COc1cc(OC)cc(C(=O)Nc2ccc(N3CCN(C(=O)c4ccco4)CC3)cc2)c1. The summed E-state index contributed by atoms with van der Waals surface area (Å²) in [5.74, 6) is 1.14. The van der Waals surface area contributed by atoms with Crippen molar-refractivity contribution in [1.29, 1.82) is 0 Å². The molecule has 1 N–H and O–H groups in total. The molecule has 2 heterocycles. The molecule has 1 aromatic heterocycles. The number of nitrogens with one attached hydrogen (secondary N) is 1. The first-order chi connectivity index (χ1) is 15.6. The molecule has 1 saturated heterocycles. The van der Waals surface area contributed by atoms with Crippen molar-refractivity contribution in [3.63, 3.8) is 0 Å². The van der Waals surface area contributed by atoms with Crippen LogP contribution in [0.3, 0.4) is 0 Å². The molecule has 0 radical (unpaired) electrons. The van der Waals surface area contributed by atoms with Crippen LogP contribution in [-0.4, -0.2) is 57.1 Å². The number of anilines is 2. The second-order valence-corrected chi connectivity index (χ2v) is 7.36. The molecule has 8 heteroatoms. The van der Waals surface area contributed by atoms with Crippen LogP contribution in [0.4, 0.5) is 11.4 Å². The Morgan fingerprint density at radius 1 is 0.906 bits per heavy atom. The lowest BCUT2D eigenvalue weighted by atomic mass is 10.1. The zero-order valence-corrected chi connectivity index (χ0v) is 18.0. The van der Waals surface area contributed by atoms with E-state index in [2.05, 4.69) is 10.2 Å². The average Bonchev–Trinajstić information content (AvgIpc) is 3.39. The highest BCUT2D eigenvalue weighted by Gasteiger charge is 2.23. The first-order valence-corrected chi connectivity index (χ1v) is 10.3. The molecule has 0 atom stereocenters. The lowest BCUT2D eigenvalue weighted by Crippen LogP contribution is -2.48. The number of carbonyl (C=O) groups excluding carboxylic acids is 2. The van der Waals surface area contributed by atoms with Gasteiger partial charge in [-0.2, -0.15) is 0 Å². The number of piperazine rings is 1. The molecule has 3 aromatic rings. The van der Waals surface area contributed by atoms with Gasteiger partial charge in [0.25, 0.3) is 11.8 Å². The number of amides is 2. The number of hydrogen-bond donors (Lipinski definition) is 1. The van der Waals surface area contributed by atoms with Gasteiger partial charge in [0, 0.05) is 49.2 Å². The number of benzene rings is 2. The van der Waals surface area contributed by atoms with E-state index in [0.717, 1.165) is 18.8 Å². The normalized spacial score (nSPS) is 13.6. The van der Waals surface area contributed by atoms with Crippen molar-refractivity contribution < 1.29 is 23.5 Å². The summed E-state index contributed by atoms with van der Waals surface area (Å²) in [5.41, 5.74) is 2.17. The molecule has 2 aromatic carbocycles. The molecular formula is C24H25N3O5. The molecule has 4 rings (SSSR count). The second kappa shape index (κ2) is 9.47. The summed E-state index contributed by atoms with van der Waals surface area (Å²) < 4.78 is 15.7. The van der Waals surface area contributed by atoms with Gasteiger partial charge in [0.2, 0.25) is 0 Å². The van der Waals surface area contributed by atoms with E-state index in [9.17, 15) is 9.59 Å². The molecule has 32 heavy (non-hydrogen) atoms. The van der Waals surface area contributed by atoms with E-state index in [1.807, 2.05) is 24.3 Å². The summed E-state index contributed by atoms with van der Waals surface area (Å²) in [6.07, 6.45) is 1.51. The minimum atomic E-state index is -0.250. The van der Waals surface area contributed by atoms with Crippen molar-refractivity contribution >= 4 is 23.2 Å². The van der Waals surface area contributed by atoms with Crippen LogP contribution in [0.25, 0.3) is 0 Å². The number of rotatable bonds is 6. The van der Waals surface area contributed by atoms with Crippen LogP contribution >= 0.6 is 0 Å². The highest BCUT2D eigenvalue weighted by molar-refractivity contribution is 6.04. The largest absolute Gasteiger partial charge is 0.497 e. The zero-order chi connectivity index (χ0) is 22.5. The Labute approximate surface area is 186 Å². The molecule has 166 valence electrons.